The maximum atomic E-state index is 11.1. The van der Waals surface area contributed by atoms with Crippen LogP contribution in [0.4, 0.5) is 0 Å². The lowest BCUT2D eigenvalue weighted by Crippen LogP contribution is -2.42. The Morgan fingerprint density at radius 2 is 1.89 bits per heavy atom. The van der Waals surface area contributed by atoms with Crippen molar-refractivity contribution in [2.45, 2.75) is 51.8 Å². The number of aldehydes is 1. The highest BCUT2D eigenvalue weighted by Gasteiger charge is 2.46. The summed E-state index contributed by atoms with van der Waals surface area (Å²) in [5.74, 6) is -2.04. The molecule has 0 aromatic rings. The zero-order chi connectivity index (χ0) is 14.6. The maximum Gasteiger partial charge on any atom is 0.303 e. The Balaban J connectivity index is 2.80. The van der Waals surface area contributed by atoms with Gasteiger partial charge < -0.3 is 23.7 Å². The lowest BCUT2D eigenvalue weighted by molar-refractivity contribution is -0.177. The largest absolute Gasteiger partial charge is 0.462 e. The van der Waals surface area contributed by atoms with Gasteiger partial charge in [-0.05, 0) is 13.8 Å². The van der Waals surface area contributed by atoms with Crippen molar-refractivity contribution >= 4 is 18.2 Å². The summed E-state index contributed by atoms with van der Waals surface area (Å²) in [6.45, 7) is 5.54. The maximum absolute atomic E-state index is 11.1. The first-order valence-corrected chi connectivity index (χ1v) is 5.86. The van der Waals surface area contributed by atoms with Crippen LogP contribution in [-0.2, 0) is 33.3 Å². The fourth-order valence-electron chi connectivity index (χ4n) is 1.82. The summed E-state index contributed by atoms with van der Waals surface area (Å²) in [5, 5.41) is 0. The molecule has 0 aliphatic carbocycles. The summed E-state index contributed by atoms with van der Waals surface area (Å²) < 4.78 is 20.7. The van der Waals surface area contributed by atoms with E-state index in [-0.39, 0.29) is 6.61 Å². The molecule has 1 saturated heterocycles. The van der Waals surface area contributed by atoms with Crippen LogP contribution in [0.2, 0.25) is 0 Å². The van der Waals surface area contributed by atoms with Crippen molar-refractivity contribution in [1.82, 2.24) is 0 Å². The Bertz CT molecular complexity index is 363. The highest BCUT2D eigenvalue weighted by molar-refractivity contribution is 5.67. The van der Waals surface area contributed by atoms with Crippen LogP contribution in [0.5, 0.6) is 0 Å². The number of hydrogen-bond acceptors (Lipinski definition) is 7. The quantitative estimate of drug-likeness (QED) is 0.522. The Hall–Kier alpha value is -1.47. The highest BCUT2D eigenvalue weighted by Crippen LogP contribution is 2.30. The van der Waals surface area contributed by atoms with Crippen LogP contribution in [0, 0.1) is 0 Å². The molecule has 1 aliphatic heterocycles. The van der Waals surface area contributed by atoms with Gasteiger partial charge in [-0.1, -0.05) is 0 Å². The number of carbonyl (C=O) groups is 3. The molecule has 0 amide bonds. The van der Waals surface area contributed by atoms with Crippen LogP contribution in [0.15, 0.2) is 0 Å². The van der Waals surface area contributed by atoms with Gasteiger partial charge in [0.05, 0.1) is 0 Å². The summed E-state index contributed by atoms with van der Waals surface area (Å²) in [7, 11) is 0. The van der Waals surface area contributed by atoms with E-state index in [0.717, 1.165) is 0 Å². The third-order valence-corrected chi connectivity index (χ3v) is 2.43. The predicted molar refractivity (Wildman–Crippen MR) is 62.1 cm³/mol. The third-order valence-electron chi connectivity index (χ3n) is 2.43. The van der Waals surface area contributed by atoms with Crippen molar-refractivity contribution in [1.29, 1.82) is 0 Å². The van der Waals surface area contributed by atoms with E-state index in [1.165, 1.54) is 13.8 Å². The van der Waals surface area contributed by atoms with Crippen LogP contribution >= 0.6 is 0 Å². The van der Waals surface area contributed by atoms with E-state index in [9.17, 15) is 14.4 Å². The first kappa shape index (κ1) is 15.6. The van der Waals surface area contributed by atoms with Crippen molar-refractivity contribution in [2.24, 2.45) is 0 Å². The molecule has 0 N–H and O–H groups in total. The second kappa shape index (κ2) is 6.12. The van der Waals surface area contributed by atoms with E-state index >= 15 is 0 Å². The SMILES string of the molecule is CC(=O)OC[C@@H](OC(C)=O)[C@H]1OC(C)(C)O[C@@H]1C=O. The van der Waals surface area contributed by atoms with Gasteiger partial charge in [0.25, 0.3) is 0 Å². The van der Waals surface area contributed by atoms with Crippen LogP contribution < -0.4 is 0 Å². The minimum absolute atomic E-state index is 0.191. The van der Waals surface area contributed by atoms with Crippen molar-refractivity contribution in [3.05, 3.63) is 0 Å². The summed E-state index contributed by atoms with van der Waals surface area (Å²) in [4.78, 5) is 32.9. The fourth-order valence-corrected chi connectivity index (χ4v) is 1.82. The van der Waals surface area contributed by atoms with Gasteiger partial charge in [-0.3, -0.25) is 9.59 Å². The molecular formula is C12H18O7. The molecule has 0 bridgehead atoms. The standard InChI is InChI=1S/C12H18O7/c1-7(14)16-6-10(17-8(2)15)11-9(5-13)18-12(3,4)19-11/h5,9-11H,6H2,1-4H3/t9-,10-,11+/m1/s1. The molecular weight excluding hydrogens is 256 g/mol. The highest BCUT2D eigenvalue weighted by atomic mass is 16.8. The molecule has 0 aromatic carbocycles. The Kier molecular flexibility index (Phi) is 5.02. The van der Waals surface area contributed by atoms with E-state index in [4.69, 9.17) is 18.9 Å². The molecule has 19 heavy (non-hydrogen) atoms. The monoisotopic (exact) mass is 274 g/mol. The molecule has 0 spiro atoms. The molecule has 0 saturated carbocycles. The number of esters is 2. The van der Waals surface area contributed by atoms with Crippen LogP contribution in [0.3, 0.4) is 0 Å². The lowest BCUT2D eigenvalue weighted by Gasteiger charge is -2.24. The molecule has 7 nitrogen and oxygen atoms in total. The van der Waals surface area contributed by atoms with Gasteiger partial charge in [-0.2, -0.15) is 0 Å². The van der Waals surface area contributed by atoms with Gasteiger partial charge in [0.2, 0.25) is 0 Å². The molecule has 0 radical (unpaired) electrons. The minimum atomic E-state index is -0.967. The van der Waals surface area contributed by atoms with E-state index in [1.54, 1.807) is 13.8 Å². The Labute approximate surface area is 111 Å². The molecule has 1 aliphatic rings. The first-order chi connectivity index (χ1) is 8.75. The average molecular weight is 274 g/mol. The smallest absolute Gasteiger partial charge is 0.303 e. The molecule has 1 rings (SSSR count). The first-order valence-electron chi connectivity index (χ1n) is 5.86. The summed E-state index contributed by atoms with van der Waals surface area (Å²) in [6, 6.07) is 0. The van der Waals surface area contributed by atoms with E-state index in [2.05, 4.69) is 0 Å². The summed E-state index contributed by atoms with van der Waals surface area (Å²) >= 11 is 0. The molecule has 7 heteroatoms. The van der Waals surface area contributed by atoms with Crippen molar-refractivity contribution in [2.75, 3.05) is 6.61 Å². The zero-order valence-corrected chi connectivity index (χ0v) is 11.4. The number of rotatable bonds is 5. The van der Waals surface area contributed by atoms with Crippen molar-refractivity contribution in [3.8, 4) is 0 Å². The van der Waals surface area contributed by atoms with E-state index < -0.39 is 36.0 Å². The number of hydrogen-bond donors (Lipinski definition) is 0. The number of carbonyl (C=O) groups excluding carboxylic acids is 3. The Morgan fingerprint density at radius 1 is 1.26 bits per heavy atom. The van der Waals surface area contributed by atoms with Crippen LogP contribution in [0.1, 0.15) is 27.7 Å². The third kappa shape index (κ3) is 4.60. The molecule has 0 unspecified atom stereocenters. The summed E-state index contributed by atoms with van der Waals surface area (Å²) in [6.07, 6.45) is -2.01. The predicted octanol–water partition coefficient (Wildman–Crippen LogP) is 0.200. The van der Waals surface area contributed by atoms with Crippen molar-refractivity contribution < 1.29 is 33.3 Å². The molecule has 1 heterocycles. The topological polar surface area (TPSA) is 88.1 Å². The van der Waals surface area contributed by atoms with Gasteiger partial charge in [-0.15, -0.1) is 0 Å². The number of ether oxygens (including phenoxy) is 4. The van der Waals surface area contributed by atoms with Gasteiger partial charge in [-0.25, -0.2) is 0 Å². The van der Waals surface area contributed by atoms with Gasteiger partial charge >= 0.3 is 11.9 Å². The second-order valence-electron chi connectivity index (χ2n) is 4.65. The second-order valence-corrected chi connectivity index (χ2v) is 4.65. The minimum Gasteiger partial charge on any atom is -0.462 e. The van der Waals surface area contributed by atoms with E-state index in [0.29, 0.717) is 6.29 Å². The van der Waals surface area contributed by atoms with Crippen LogP contribution in [0.25, 0.3) is 0 Å². The fraction of sp³-hybridized carbons (Fsp3) is 0.750. The van der Waals surface area contributed by atoms with Gasteiger partial charge in [0, 0.05) is 13.8 Å². The molecule has 0 aromatic heterocycles. The Morgan fingerprint density at radius 3 is 2.37 bits per heavy atom. The molecule has 1 fully saturated rings. The lowest BCUT2D eigenvalue weighted by atomic mass is 10.1. The van der Waals surface area contributed by atoms with Gasteiger partial charge in [0.1, 0.15) is 18.8 Å². The normalized spacial score (nSPS) is 26.5. The molecule has 108 valence electrons. The van der Waals surface area contributed by atoms with Crippen LogP contribution in [-0.4, -0.2) is 48.9 Å². The van der Waals surface area contributed by atoms with E-state index in [1.807, 2.05) is 0 Å². The summed E-state index contributed by atoms with van der Waals surface area (Å²) in [5.41, 5.74) is 0. The van der Waals surface area contributed by atoms with Gasteiger partial charge in [0.15, 0.2) is 18.2 Å². The van der Waals surface area contributed by atoms with Crippen molar-refractivity contribution in [3.63, 3.8) is 0 Å². The average Bonchev–Trinajstić information content (AvgIpc) is 2.59. The zero-order valence-electron chi connectivity index (χ0n) is 11.4. The molecule has 3 atom stereocenters.